The second-order valence-electron chi connectivity index (χ2n) is 9.36. The summed E-state index contributed by atoms with van der Waals surface area (Å²) in [5.74, 6) is 3.15. The van der Waals surface area contributed by atoms with Crippen LogP contribution in [-0.4, -0.2) is 47.0 Å². The number of phenols is 1. The molecule has 0 amide bonds. The predicted octanol–water partition coefficient (Wildman–Crippen LogP) is 6.50. The van der Waals surface area contributed by atoms with E-state index in [1.807, 2.05) is 6.07 Å². The number of unbranched alkanes of at least 4 members (excludes halogenated alkanes) is 2. The van der Waals surface area contributed by atoms with E-state index >= 15 is 0 Å². The van der Waals surface area contributed by atoms with E-state index < -0.39 is 0 Å². The Labute approximate surface area is 192 Å². The Morgan fingerprint density at radius 2 is 1.90 bits per heavy atom. The smallest absolute Gasteiger partial charge is 0.127 e. The van der Waals surface area contributed by atoms with Crippen molar-refractivity contribution in [2.24, 2.45) is 5.92 Å². The predicted molar refractivity (Wildman–Crippen MR) is 127 cm³/mol. The summed E-state index contributed by atoms with van der Waals surface area (Å²) < 4.78 is 6.48. The van der Waals surface area contributed by atoms with Crippen LogP contribution in [0.25, 0.3) is 0 Å². The number of phenolic OH excluding ortho intramolecular Hbond substituents is 1. The van der Waals surface area contributed by atoms with Gasteiger partial charge in [0, 0.05) is 48.8 Å². The first-order valence-corrected chi connectivity index (χ1v) is 12.5. The van der Waals surface area contributed by atoms with Crippen LogP contribution in [0.3, 0.4) is 0 Å². The lowest BCUT2D eigenvalue weighted by Gasteiger charge is -2.47. The molecule has 0 spiro atoms. The first-order valence-electron chi connectivity index (χ1n) is 11.5. The Balaban J connectivity index is 1.85. The number of aromatic hydroxyl groups is 1. The molecule has 168 valence electrons. The molecule has 0 saturated heterocycles. The zero-order chi connectivity index (χ0) is 21.7. The quantitative estimate of drug-likeness (QED) is 0.249. The fraction of sp³-hybridized carbons (Fsp3) is 0.680. The fourth-order valence-corrected chi connectivity index (χ4v) is 5.65. The monoisotopic (exact) mass is 453 g/mol. The number of rotatable bonds is 10. The van der Waals surface area contributed by atoms with Gasteiger partial charge >= 0.3 is 0 Å². The van der Waals surface area contributed by atoms with E-state index in [2.05, 4.69) is 37.8 Å². The summed E-state index contributed by atoms with van der Waals surface area (Å²) in [6, 6.07) is 4.15. The number of allylic oxidation sites excluding steroid dienone is 1. The third kappa shape index (κ3) is 5.47. The number of aryl methyl sites for hydroxylation is 1. The lowest BCUT2D eigenvalue weighted by molar-refractivity contribution is 0.00702. The lowest BCUT2D eigenvalue weighted by Crippen LogP contribution is -2.46. The maximum atomic E-state index is 11.0. The molecule has 0 aromatic heterocycles. The van der Waals surface area contributed by atoms with Gasteiger partial charge in [0.1, 0.15) is 17.1 Å². The van der Waals surface area contributed by atoms with Crippen molar-refractivity contribution >= 4 is 23.2 Å². The average Bonchev–Trinajstić information content (AvgIpc) is 2.67. The van der Waals surface area contributed by atoms with Crippen LogP contribution in [0.1, 0.15) is 69.9 Å². The molecule has 0 radical (unpaired) electrons. The Kier molecular flexibility index (Phi) is 8.40. The van der Waals surface area contributed by atoms with Gasteiger partial charge < -0.3 is 9.84 Å². The average molecular weight is 454 g/mol. The van der Waals surface area contributed by atoms with Crippen molar-refractivity contribution in [1.29, 1.82) is 0 Å². The number of nitrogens with zero attached hydrogens (tertiary/aromatic N) is 1. The van der Waals surface area contributed by atoms with Gasteiger partial charge in [0.05, 0.1) is 0 Å². The first-order chi connectivity index (χ1) is 14.4. The summed E-state index contributed by atoms with van der Waals surface area (Å²) in [7, 11) is 0. The number of alkyl halides is 2. The Bertz CT molecular complexity index is 741. The third-order valence-electron chi connectivity index (χ3n) is 6.74. The molecule has 2 aliphatic rings. The number of fused-ring (bicyclic) bond motifs is 3. The number of halogens is 2. The van der Waals surface area contributed by atoms with Crippen LogP contribution in [0.4, 0.5) is 0 Å². The summed E-state index contributed by atoms with van der Waals surface area (Å²) >= 11 is 12.0. The summed E-state index contributed by atoms with van der Waals surface area (Å²) in [5, 5.41) is 11.0. The Morgan fingerprint density at radius 1 is 1.17 bits per heavy atom. The van der Waals surface area contributed by atoms with E-state index in [1.54, 1.807) is 0 Å². The molecule has 1 aromatic rings. The molecule has 1 aromatic carbocycles. The normalized spacial score (nSPS) is 22.3. The molecule has 0 saturated carbocycles. The van der Waals surface area contributed by atoms with Crippen molar-refractivity contribution in [2.75, 3.05) is 31.4 Å². The largest absolute Gasteiger partial charge is 0.508 e. The van der Waals surface area contributed by atoms with Crippen molar-refractivity contribution in [3.8, 4) is 11.5 Å². The highest BCUT2D eigenvalue weighted by Crippen LogP contribution is 2.54. The van der Waals surface area contributed by atoms with Crippen LogP contribution >= 0.6 is 23.2 Å². The molecule has 1 heterocycles. The van der Waals surface area contributed by atoms with Gasteiger partial charge in [-0.05, 0) is 57.2 Å². The molecule has 3 rings (SSSR count). The Hall–Kier alpha value is -0.900. The van der Waals surface area contributed by atoms with Gasteiger partial charge in [0.2, 0.25) is 0 Å². The lowest BCUT2D eigenvalue weighted by atomic mass is 9.67. The van der Waals surface area contributed by atoms with Crippen LogP contribution in [0, 0.1) is 5.92 Å². The maximum Gasteiger partial charge on any atom is 0.127 e. The minimum absolute atomic E-state index is 0.250. The SMILES string of the molecule is CCCCCc1cc(O)c2c(c1)OC(C)(C)[C@@H]1CC=C(CN(CCCl)CCCl)C[C@@H]21. The second kappa shape index (κ2) is 10.6. The van der Waals surface area contributed by atoms with Crippen molar-refractivity contribution in [1.82, 2.24) is 4.90 Å². The van der Waals surface area contributed by atoms with E-state index in [9.17, 15) is 5.11 Å². The van der Waals surface area contributed by atoms with Gasteiger partial charge in [-0.1, -0.05) is 31.4 Å². The first kappa shape index (κ1) is 23.8. The highest BCUT2D eigenvalue weighted by atomic mass is 35.5. The molecule has 0 fully saturated rings. The van der Waals surface area contributed by atoms with Crippen LogP contribution in [-0.2, 0) is 6.42 Å². The molecule has 3 nitrogen and oxygen atoms in total. The summed E-state index contributed by atoms with van der Waals surface area (Å²) in [6.45, 7) is 9.19. The fourth-order valence-electron chi connectivity index (χ4n) is 5.17. The van der Waals surface area contributed by atoms with Crippen LogP contribution in [0.15, 0.2) is 23.8 Å². The number of hydrogen-bond donors (Lipinski definition) is 1. The zero-order valence-electron chi connectivity index (χ0n) is 18.7. The molecule has 30 heavy (non-hydrogen) atoms. The van der Waals surface area contributed by atoms with E-state index in [4.69, 9.17) is 27.9 Å². The van der Waals surface area contributed by atoms with E-state index in [0.29, 0.717) is 23.4 Å². The Morgan fingerprint density at radius 3 is 2.57 bits per heavy atom. The second-order valence-corrected chi connectivity index (χ2v) is 10.1. The van der Waals surface area contributed by atoms with Crippen molar-refractivity contribution < 1.29 is 9.84 Å². The van der Waals surface area contributed by atoms with Gasteiger partial charge in [0.15, 0.2) is 0 Å². The molecule has 2 atom stereocenters. The highest BCUT2D eigenvalue weighted by Gasteiger charge is 2.46. The molecule has 1 aliphatic heterocycles. The van der Waals surface area contributed by atoms with Crippen LogP contribution in [0.5, 0.6) is 11.5 Å². The van der Waals surface area contributed by atoms with Crippen molar-refractivity contribution in [3.05, 3.63) is 34.9 Å². The van der Waals surface area contributed by atoms with Gasteiger partial charge in [0.25, 0.3) is 0 Å². The molecule has 0 unspecified atom stereocenters. The van der Waals surface area contributed by atoms with Gasteiger partial charge in [-0.25, -0.2) is 0 Å². The minimum Gasteiger partial charge on any atom is -0.508 e. The maximum absolute atomic E-state index is 11.0. The zero-order valence-corrected chi connectivity index (χ0v) is 20.2. The molecule has 1 N–H and O–H groups in total. The van der Waals surface area contributed by atoms with Crippen molar-refractivity contribution in [3.63, 3.8) is 0 Å². The number of ether oxygens (including phenoxy) is 1. The van der Waals surface area contributed by atoms with Crippen molar-refractivity contribution in [2.45, 2.75) is 70.8 Å². The number of hydrogen-bond acceptors (Lipinski definition) is 3. The molecular weight excluding hydrogens is 417 g/mol. The van der Waals surface area contributed by atoms with E-state index in [1.165, 1.54) is 24.0 Å². The topological polar surface area (TPSA) is 32.7 Å². The summed E-state index contributed by atoms with van der Waals surface area (Å²) in [6.07, 6.45) is 8.85. The summed E-state index contributed by atoms with van der Waals surface area (Å²) in [5.41, 5.74) is 3.35. The van der Waals surface area contributed by atoms with E-state index in [0.717, 1.165) is 56.6 Å². The van der Waals surface area contributed by atoms with E-state index in [-0.39, 0.29) is 11.5 Å². The number of benzene rings is 1. The highest BCUT2D eigenvalue weighted by molar-refractivity contribution is 6.18. The minimum atomic E-state index is -0.250. The van der Waals surface area contributed by atoms with Crippen LogP contribution < -0.4 is 4.74 Å². The van der Waals surface area contributed by atoms with Crippen LogP contribution in [0.2, 0.25) is 0 Å². The molecule has 5 heteroatoms. The molecular formula is C25H37Cl2NO2. The molecule has 1 aliphatic carbocycles. The molecule has 0 bridgehead atoms. The third-order valence-corrected chi connectivity index (χ3v) is 7.08. The van der Waals surface area contributed by atoms with Gasteiger partial charge in [-0.2, -0.15) is 0 Å². The summed E-state index contributed by atoms with van der Waals surface area (Å²) in [4.78, 5) is 2.33. The standard InChI is InChI=1S/C25H37Cl2NO2/c1-4-5-6-7-18-15-22(29)24-20-14-19(17-28(12-10-26)13-11-27)8-9-21(20)25(2,3)30-23(24)16-18/h8,15-16,20-21,29H,4-7,9-14,17H2,1-3H3/t20-,21-/m1/s1. The van der Waals surface area contributed by atoms with Gasteiger partial charge in [-0.15, -0.1) is 23.2 Å². The van der Waals surface area contributed by atoms with Gasteiger partial charge in [-0.3, -0.25) is 4.90 Å².